The lowest BCUT2D eigenvalue weighted by Gasteiger charge is -2.31. The molecule has 1 saturated carbocycles. The minimum atomic E-state index is -2.85. The smallest absolute Gasteiger partial charge is 0.278 e. The first-order valence-corrected chi connectivity index (χ1v) is 13.7. The molecular formula is C27H34F2N4O2S. The van der Waals surface area contributed by atoms with Gasteiger partial charge in [0.2, 0.25) is 0 Å². The maximum absolute atomic E-state index is 13.1. The topological polar surface area (TPSA) is 59.7 Å². The largest absolute Gasteiger partial charge is 0.464 e. The molecule has 9 heteroatoms. The Morgan fingerprint density at radius 2 is 1.94 bits per heavy atom. The van der Waals surface area contributed by atoms with E-state index in [0.29, 0.717) is 23.5 Å². The summed E-state index contributed by atoms with van der Waals surface area (Å²) in [4.78, 5) is 25.4. The van der Waals surface area contributed by atoms with Gasteiger partial charge >= 0.3 is 0 Å². The number of thiazole rings is 1. The molecule has 0 unspecified atom stereocenters. The van der Waals surface area contributed by atoms with E-state index in [4.69, 9.17) is 4.74 Å². The van der Waals surface area contributed by atoms with Crippen molar-refractivity contribution in [2.24, 2.45) is 11.8 Å². The van der Waals surface area contributed by atoms with E-state index in [0.717, 1.165) is 79.7 Å². The van der Waals surface area contributed by atoms with E-state index in [1.807, 2.05) is 35.9 Å². The highest BCUT2D eigenvalue weighted by Gasteiger charge is 2.27. The maximum atomic E-state index is 13.1. The fourth-order valence-electron chi connectivity index (χ4n) is 5.42. The molecule has 3 aromatic heterocycles. The number of carbonyl (C=O) groups is 1. The fraction of sp³-hybridized carbons (Fsp3) is 0.593. The Kier molecular flexibility index (Phi) is 7.40. The van der Waals surface area contributed by atoms with Crippen molar-refractivity contribution in [3.63, 3.8) is 0 Å². The molecule has 0 bridgehead atoms. The quantitative estimate of drug-likeness (QED) is 0.329. The van der Waals surface area contributed by atoms with Crippen molar-refractivity contribution >= 4 is 22.8 Å². The number of nitrogens with zero attached hydrogens (tertiary/aromatic N) is 4. The summed E-state index contributed by atoms with van der Waals surface area (Å²) in [6, 6.07) is 3.82. The van der Waals surface area contributed by atoms with E-state index in [-0.39, 0.29) is 5.78 Å². The first kappa shape index (κ1) is 25.3. The standard InChI is InChI=1S/C27H34F2N4O2S/c1-18-14-33-15-21(7-8-25(33)30-18)23(34)13-20-5-3-19(4-6-20)9-11-32-12-10-24-22(16-32)31-26(36-24)35-17-27(2,28)29/h7-8,14-15,19-20H,3-6,9-13,16-17H2,1-2H3. The molecule has 0 N–H and O–H groups in total. The first-order chi connectivity index (χ1) is 17.2. The van der Waals surface area contributed by atoms with Crippen molar-refractivity contribution in [3.05, 3.63) is 46.4 Å². The predicted octanol–water partition coefficient (Wildman–Crippen LogP) is 5.96. The number of rotatable bonds is 9. The number of pyridine rings is 1. The van der Waals surface area contributed by atoms with Crippen LogP contribution in [0.3, 0.4) is 0 Å². The molecular weight excluding hydrogens is 482 g/mol. The molecule has 0 aromatic carbocycles. The number of imidazole rings is 1. The molecule has 194 valence electrons. The third-order valence-electron chi connectivity index (χ3n) is 7.42. The summed E-state index contributed by atoms with van der Waals surface area (Å²) in [5.41, 5.74) is 3.57. The summed E-state index contributed by atoms with van der Waals surface area (Å²) in [6.07, 6.45) is 11.1. The van der Waals surface area contributed by atoms with E-state index in [1.54, 1.807) is 0 Å². The van der Waals surface area contributed by atoms with Gasteiger partial charge in [0.25, 0.3) is 11.1 Å². The van der Waals surface area contributed by atoms with Gasteiger partial charge in [0.05, 0.1) is 11.4 Å². The Balaban J connectivity index is 1.04. The zero-order valence-electron chi connectivity index (χ0n) is 21.0. The van der Waals surface area contributed by atoms with Gasteiger partial charge in [-0.25, -0.2) is 18.7 Å². The molecule has 1 aliphatic carbocycles. The highest BCUT2D eigenvalue weighted by molar-refractivity contribution is 7.13. The summed E-state index contributed by atoms with van der Waals surface area (Å²) in [5.74, 6) is -1.46. The van der Waals surface area contributed by atoms with E-state index in [9.17, 15) is 13.6 Å². The Morgan fingerprint density at radius 3 is 2.72 bits per heavy atom. The summed E-state index contributed by atoms with van der Waals surface area (Å²) in [5, 5.41) is 0.358. The normalized spacial score (nSPS) is 21.0. The average Bonchev–Trinajstić information content (AvgIpc) is 3.42. The second-order valence-corrected chi connectivity index (χ2v) is 11.6. The van der Waals surface area contributed by atoms with Gasteiger partial charge in [-0.1, -0.05) is 24.2 Å². The zero-order chi connectivity index (χ0) is 25.3. The van der Waals surface area contributed by atoms with E-state index >= 15 is 0 Å². The third kappa shape index (κ3) is 6.29. The van der Waals surface area contributed by atoms with Gasteiger partial charge in [0.15, 0.2) is 12.4 Å². The van der Waals surface area contributed by atoms with Gasteiger partial charge in [0, 0.05) is 49.3 Å². The molecule has 2 aliphatic rings. The minimum Gasteiger partial charge on any atom is -0.464 e. The summed E-state index contributed by atoms with van der Waals surface area (Å²) in [7, 11) is 0. The monoisotopic (exact) mass is 516 g/mol. The molecule has 1 aliphatic heterocycles. The van der Waals surface area contributed by atoms with E-state index in [1.165, 1.54) is 24.2 Å². The van der Waals surface area contributed by atoms with Crippen LogP contribution in [0.2, 0.25) is 0 Å². The van der Waals surface area contributed by atoms with Gasteiger partial charge in [-0.3, -0.25) is 9.69 Å². The zero-order valence-corrected chi connectivity index (χ0v) is 21.8. The Labute approximate surface area is 214 Å². The van der Waals surface area contributed by atoms with Crippen molar-refractivity contribution in [1.29, 1.82) is 0 Å². The van der Waals surface area contributed by atoms with Crippen LogP contribution in [-0.4, -0.2) is 50.7 Å². The number of hydrogen-bond donors (Lipinski definition) is 0. The minimum absolute atomic E-state index is 0.227. The number of ketones is 1. The lowest BCUT2D eigenvalue weighted by molar-refractivity contribution is -0.0230. The Hall–Kier alpha value is -2.39. The molecule has 0 saturated heterocycles. The van der Waals surface area contributed by atoms with Crippen LogP contribution in [0.25, 0.3) is 5.65 Å². The lowest BCUT2D eigenvalue weighted by atomic mass is 9.78. The van der Waals surface area contributed by atoms with Crippen LogP contribution in [0.1, 0.15) is 72.1 Å². The number of fused-ring (bicyclic) bond motifs is 2. The third-order valence-corrected chi connectivity index (χ3v) is 8.49. The second kappa shape index (κ2) is 10.5. The molecule has 0 spiro atoms. The van der Waals surface area contributed by atoms with Gasteiger partial charge < -0.3 is 9.14 Å². The number of ether oxygens (including phenoxy) is 1. The molecule has 6 nitrogen and oxygen atoms in total. The molecule has 3 aromatic rings. The summed E-state index contributed by atoms with van der Waals surface area (Å²) < 4.78 is 33.3. The van der Waals surface area contributed by atoms with Crippen LogP contribution in [0, 0.1) is 18.8 Å². The van der Waals surface area contributed by atoms with Crippen molar-refractivity contribution in [2.75, 3.05) is 19.7 Å². The Bertz CT molecular complexity index is 1210. The maximum Gasteiger partial charge on any atom is 0.278 e. The van der Waals surface area contributed by atoms with Crippen LogP contribution in [0.5, 0.6) is 5.19 Å². The van der Waals surface area contributed by atoms with Gasteiger partial charge in [-0.05, 0) is 63.1 Å². The highest BCUT2D eigenvalue weighted by atomic mass is 32.1. The number of aryl methyl sites for hydroxylation is 1. The molecule has 1 fully saturated rings. The predicted molar refractivity (Wildman–Crippen MR) is 136 cm³/mol. The number of carbonyl (C=O) groups excluding carboxylic acids is 1. The Morgan fingerprint density at radius 1 is 1.17 bits per heavy atom. The van der Waals surface area contributed by atoms with Gasteiger partial charge in [-0.2, -0.15) is 0 Å². The van der Waals surface area contributed by atoms with Crippen LogP contribution in [0.4, 0.5) is 8.78 Å². The second-order valence-electron chi connectivity index (χ2n) is 10.6. The molecule has 4 heterocycles. The van der Waals surface area contributed by atoms with Crippen molar-refractivity contribution in [3.8, 4) is 5.19 Å². The van der Waals surface area contributed by atoms with Crippen LogP contribution in [-0.2, 0) is 13.0 Å². The number of alkyl halides is 2. The van der Waals surface area contributed by atoms with E-state index < -0.39 is 12.5 Å². The SMILES string of the molecule is Cc1cn2cc(C(=O)CC3CCC(CCN4CCc5sc(OCC(C)(F)F)nc5C4)CC3)ccc2n1. The van der Waals surface area contributed by atoms with Crippen molar-refractivity contribution in [1.82, 2.24) is 19.3 Å². The summed E-state index contributed by atoms with van der Waals surface area (Å²) >= 11 is 1.40. The molecule has 0 atom stereocenters. The molecule has 5 rings (SSSR count). The fourth-order valence-corrected chi connectivity index (χ4v) is 6.33. The number of aromatic nitrogens is 3. The molecule has 0 radical (unpaired) electrons. The first-order valence-electron chi connectivity index (χ1n) is 12.9. The van der Waals surface area contributed by atoms with E-state index in [2.05, 4.69) is 14.9 Å². The van der Waals surface area contributed by atoms with Crippen molar-refractivity contribution < 1.29 is 18.3 Å². The summed E-state index contributed by atoms with van der Waals surface area (Å²) in [6.45, 7) is 4.96. The van der Waals surface area contributed by atoms with Crippen LogP contribution in [0.15, 0.2) is 24.5 Å². The number of hydrogen-bond acceptors (Lipinski definition) is 6. The van der Waals surface area contributed by atoms with Crippen LogP contribution >= 0.6 is 11.3 Å². The number of Topliss-reactive ketones (excluding diaryl/α,β-unsaturated/α-hetero) is 1. The van der Waals surface area contributed by atoms with Crippen molar-refractivity contribution in [2.45, 2.75) is 71.3 Å². The van der Waals surface area contributed by atoms with Crippen LogP contribution < -0.4 is 4.74 Å². The molecule has 36 heavy (non-hydrogen) atoms. The lowest BCUT2D eigenvalue weighted by Crippen LogP contribution is -2.32. The number of halogens is 2. The van der Waals surface area contributed by atoms with Gasteiger partial charge in [-0.15, -0.1) is 0 Å². The highest BCUT2D eigenvalue weighted by Crippen LogP contribution is 2.35. The molecule has 0 amide bonds. The average molecular weight is 517 g/mol. The van der Waals surface area contributed by atoms with Gasteiger partial charge in [0.1, 0.15) is 5.65 Å².